The molecule has 0 bridgehead atoms. The molecule has 3 aliphatic rings. The van der Waals surface area contributed by atoms with E-state index in [4.69, 9.17) is 0 Å². The Kier molecular flexibility index (Phi) is 7.05. The normalized spacial score (nSPS) is 17.6. The number of ketones is 1. The van der Waals surface area contributed by atoms with Crippen molar-refractivity contribution in [3.63, 3.8) is 0 Å². The van der Waals surface area contributed by atoms with Crippen LogP contribution in [0, 0.1) is 5.82 Å². The van der Waals surface area contributed by atoms with Crippen LogP contribution >= 0.6 is 0 Å². The van der Waals surface area contributed by atoms with Gasteiger partial charge in [0.05, 0.1) is 11.6 Å². The van der Waals surface area contributed by atoms with E-state index in [1.54, 1.807) is 30.6 Å². The number of benzene rings is 2. The molecule has 2 aromatic carbocycles. The summed E-state index contributed by atoms with van der Waals surface area (Å²) in [6.45, 7) is 0. The summed E-state index contributed by atoms with van der Waals surface area (Å²) in [4.78, 5) is 22.3. The van der Waals surface area contributed by atoms with Crippen LogP contribution in [0.15, 0.2) is 90.0 Å². The van der Waals surface area contributed by atoms with Gasteiger partial charge in [-0.15, -0.1) is 0 Å². The Balaban J connectivity index is 0.000000548. The second kappa shape index (κ2) is 10.8. The number of Topliss-reactive ketones (excluding diaryl/α,β-unsaturated/α-hetero) is 1. The Morgan fingerprint density at radius 1 is 0.976 bits per heavy atom. The summed E-state index contributed by atoms with van der Waals surface area (Å²) in [6.07, 6.45) is 16.2. The van der Waals surface area contributed by atoms with E-state index < -0.39 is 21.6 Å². The number of sulfone groups is 1. The van der Waals surface area contributed by atoms with Crippen LogP contribution in [0.4, 0.5) is 4.39 Å². The molecule has 4 aromatic rings. The fourth-order valence-corrected chi connectivity index (χ4v) is 6.25. The van der Waals surface area contributed by atoms with Gasteiger partial charge in [-0.3, -0.25) is 9.89 Å². The molecule has 1 unspecified atom stereocenters. The molecule has 1 N–H and O–H groups in total. The van der Waals surface area contributed by atoms with E-state index in [9.17, 15) is 17.6 Å². The maximum absolute atomic E-state index is 14.0. The van der Waals surface area contributed by atoms with Gasteiger partial charge in [-0.2, -0.15) is 5.10 Å². The number of hydrogen-bond acceptors (Lipinski definition) is 6. The first-order valence-corrected chi connectivity index (χ1v) is 15.2. The number of aromatic nitrogens is 4. The third kappa shape index (κ3) is 5.20. The Bertz CT molecular complexity index is 1820. The Morgan fingerprint density at radius 2 is 1.78 bits per heavy atom. The van der Waals surface area contributed by atoms with Gasteiger partial charge in [0.2, 0.25) is 15.0 Å². The van der Waals surface area contributed by atoms with Crippen LogP contribution in [0.25, 0.3) is 17.2 Å². The summed E-state index contributed by atoms with van der Waals surface area (Å²) < 4.78 is 38.1. The second-order valence-corrected chi connectivity index (χ2v) is 12.1. The second-order valence-electron chi connectivity index (χ2n) is 10.2. The fourth-order valence-electron chi connectivity index (χ4n) is 5.73. The van der Waals surface area contributed by atoms with Gasteiger partial charge in [0.1, 0.15) is 5.82 Å². The zero-order valence-electron chi connectivity index (χ0n) is 22.3. The molecule has 0 fully saturated rings. The number of H-pyrrole nitrogens is 1. The van der Waals surface area contributed by atoms with Crippen LogP contribution in [0.2, 0.25) is 0 Å². The van der Waals surface area contributed by atoms with Crippen LogP contribution in [-0.2, 0) is 16.3 Å². The average Bonchev–Trinajstić information content (AvgIpc) is 3.58. The molecule has 7 nitrogen and oxygen atoms in total. The lowest BCUT2D eigenvalue weighted by Gasteiger charge is -2.31. The molecule has 206 valence electrons. The average molecular weight is 567 g/mol. The lowest BCUT2D eigenvalue weighted by atomic mass is 9.72. The van der Waals surface area contributed by atoms with Gasteiger partial charge in [-0.1, -0.05) is 42.0 Å². The Labute approximate surface area is 237 Å². The van der Waals surface area contributed by atoms with Gasteiger partial charge in [0, 0.05) is 30.4 Å². The minimum Gasteiger partial charge on any atom is -0.293 e. The van der Waals surface area contributed by atoms with E-state index >= 15 is 0 Å². The number of aromatic amines is 1. The predicted octanol–water partition coefficient (Wildman–Crippen LogP) is 6.00. The molecule has 1 atom stereocenters. The summed E-state index contributed by atoms with van der Waals surface area (Å²) in [5, 5.41) is 5.91. The Morgan fingerprint density at radius 3 is 2.49 bits per heavy atom. The molecule has 0 saturated heterocycles. The van der Waals surface area contributed by atoms with E-state index in [1.807, 2.05) is 24.3 Å². The summed E-state index contributed by atoms with van der Waals surface area (Å²) in [5.74, 6) is -1.25. The lowest BCUT2D eigenvalue weighted by molar-refractivity contribution is 0.0978. The van der Waals surface area contributed by atoms with Crippen molar-refractivity contribution in [1.29, 1.82) is 0 Å². The first-order valence-electron chi connectivity index (χ1n) is 13.3. The maximum atomic E-state index is 14.0. The highest BCUT2D eigenvalue weighted by Crippen LogP contribution is 2.45. The summed E-state index contributed by atoms with van der Waals surface area (Å²) in [5.41, 5.74) is 8.01. The van der Waals surface area contributed by atoms with Gasteiger partial charge in [0.15, 0.2) is 5.78 Å². The summed E-state index contributed by atoms with van der Waals surface area (Å²) >= 11 is 0. The van der Waals surface area contributed by atoms with E-state index in [0.29, 0.717) is 22.4 Å². The standard InChI is InChI=1S/C29H23FN2O3S.C3H4N2/c1-36(34,35)29-31-15-14-26(32-29)25-16-24-22-11-8-17-4-2-3-5-20(17)21(22)12-13-23(24)28(33)27(25)18-6-9-19(30)10-7-18;1-2-4-5-3-1/h3,5-7,9-10,12-16,27H,2,4,8,11H2,1H3;1-3H,(H,4,5). The number of nitrogens with one attached hydrogen (secondary N) is 1. The largest absolute Gasteiger partial charge is 0.293 e. The fraction of sp³-hybridized carbons (Fsp3) is 0.188. The number of carbonyl (C=O) groups excluding carboxylic acids is 1. The molecule has 0 spiro atoms. The molecule has 2 heterocycles. The minimum absolute atomic E-state index is 0.115. The quantitative estimate of drug-likeness (QED) is 0.305. The van der Waals surface area contributed by atoms with Crippen molar-refractivity contribution in [2.75, 3.05) is 6.26 Å². The Hall–Kier alpha value is -4.50. The smallest absolute Gasteiger partial charge is 0.247 e. The highest BCUT2D eigenvalue weighted by atomic mass is 32.2. The van der Waals surface area contributed by atoms with Gasteiger partial charge < -0.3 is 0 Å². The molecule has 0 radical (unpaired) electrons. The lowest BCUT2D eigenvalue weighted by Crippen LogP contribution is -2.22. The molecular formula is C32H27FN4O3S. The molecule has 0 saturated carbocycles. The van der Waals surface area contributed by atoms with Crippen molar-refractivity contribution in [3.05, 3.63) is 124 Å². The molecule has 3 aliphatic carbocycles. The number of hydrogen-bond donors (Lipinski definition) is 1. The molecule has 41 heavy (non-hydrogen) atoms. The van der Waals surface area contributed by atoms with Crippen LogP contribution in [0.5, 0.6) is 0 Å². The van der Waals surface area contributed by atoms with E-state index in [-0.39, 0.29) is 10.9 Å². The number of carbonyl (C=O) groups is 1. The van der Waals surface area contributed by atoms with Crippen LogP contribution in [0.3, 0.4) is 0 Å². The first-order chi connectivity index (χ1) is 19.8. The molecule has 9 heteroatoms. The zero-order valence-corrected chi connectivity index (χ0v) is 23.2. The van der Waals surface area contributed by atoms with Crippen molar-refractivity contribution in [1.82, 2.24) is 20.2 Å². The number of halogens is 1. The SMILES string of the molecule is CS(=O)(=O)c1nccc(C2=Cc3c(ccc4c3CCC3=C4C=CCC3)C(=O)C2c2ccc(F)cc2)n1.c1cn[nH]c1. The molecule has 0 amide bonds. The zero-order chi connectivity index (χ0) is 28.6. The summed E-state index contributed by atoms with van der Waals surface area (Å²) in [7, 11) is -3.65. The molecule has 7 rings (SSSR count). The van der Waals surface area contributed by atoms with Crippen molar-refractivity contribution >= 4 is 32.8 Å². The monoisotopic (exact) mass is 566 g/mol. The van der Waals surface area contributed by atoms with Crippen LogP contribution in [0.1, 0.15) is 63.5 Å². The number of rotatable bonds is 3. The van der Waals surface area contributed by atoms with Crippen LogP contribution < -0.4 is 0 Å². The van der Waals surface area contributed by atoms with Crippen molar-refractivity contribution in [2.45, 2.75) is 36.8 Å². The highest BCUT2D eigenvalue weighted by molar-refractivity contribution is 7.90. The molecule has 0 aliphatic heterocycles. The predicted molar refractivity (Wildman–Crippen MR) is 155 cm³/mol. The molecule has 2 aromatic heterocycles. The van der Waals surface area contributed by atoms with Crippen molar-refractivity contribution < 1.29 is 17.6 Å². The number of nitrogens with zero attached hydrogens (tertiary/aromatic N) is 3. The third-order valence-corrected chi connectivity index (χ3v) is 8.47. The van der Waals surface area contributed by atoms with Gasteiger partial charge in [-0.25, -0.2) is 22.8 Å². The van der Waals surface area contributed by atoms with Gasteiger partial charge >= 0.3 is 0 Å². The van der Waals surface area contributed by atoms with Crippen molar-refractivity contribution in [3.8, 4) is 0 Å². The number of fused-ring (bicyclic) bond motifs is 4. The molecular weight excluding hydrogens is 539 g/mol. The van der Waals surface area contributed by atoms with Crippen molar-refractivity contribution in [2.24, 2.45) is 0 Å². The van der Waals surface area contributed by atoms with Crippen LogP contribution in [-0.4, -0.2) is 40.6 Å². The van der Waals surface area contributed by atoms with E-state index in [0.717, 1.165) is 48.6 Å². The topological polar surface area (TPSA) is 106 Å². The highest BCUT2D eigenvalue weighted by Gasteiger charge is 2.35. The van der Waals surface area contributed by atoms with Gasteiger partial charge in [-0.05, 0) is 89.4 Å². The third-order valence-electron chi connectivity index (χ3n) is 7.61. The number of allylic oxidation sites excluding steroid dienone is 5. The first kappa shape index (κ1) is 26.7. The maximum Gasteiger partial charge on any atom is 0.247 e. The van der Waals surface area contributed by atoms with E-state index in [2.05, 4.69) is 32.3 Å². The van der Waals surface area contributed by atoms with E-state index in [1.165, 1.54) is 29.5 Å². The minimum atomic E-state index is -3.65. The summed E-state index contributed by atoms with van der Waals surface area (Å²) in [6, 6.07) is 13.2. The van der Waals surface area contributed by atoms with Gasteiger partial charge in [0.25, 0.3) is 0 Å².